The third-order valence-corrected chi connectivity index (χ3v) is 7.44. The fraction of sp³-hybridized carbons (Fsp3) is 0.207. The molecule has 1 aliphatic heterocycles. The summed E-state index contributed by atoms with van der Waals surface area (Å²) in [6.45, 7) is 4.52. The fourth-order valence-electron chi connectivity index (χ4n) is 3.57. The second-order valence-corrected chi connectivity index (χ2v) is 10.3. The highest BCUT2D eigenvalue weighted by atomic mass is 79.9. The van der Waals surface area contributed by atoms with Crippen molar-refractivity contribution in [2.24, 2.45) is 4.99 Å². The number of esters is 1. The van der Waals surface area contributed by atoms with Crippen molar-refractivity contribution < 1.29 is 23.8 Å². The van der Waals surface area contributed by atoms with E-state index in [0.717, 1.165) is 15.6 Å². The number of likely N-dealkylation sites (N-methyl/N-ethyl adjacent to an activating group) is 1. The number of carbonyl (C=O) groups excluding carboxylic acids is 2. The summed E-state index contributed by atoms with van der Waals surface area (Å²) >= 11 is 4.88. The maximum absolute atomic E-state index is 13.0. The van der Waals surface area contributed by atoms with Gasteiger partial charge in [-0.2, -0.15) is 0 Å². The van der Waals surface area contributed by atoms with Crippen LogP contribution in [0, 0.1) is 6.92 Å². The molecule has 1 amide bonds. The topological polar surface area (TPSA) is 77.4 Å². The summed E-state index contributed by atoms with van der Waals surface area (Å²) in [5.74, 6) is 0.610. The van der Waals surface area contributed by atoms with Gasteiger partial charge in [-0.25, -0.2) is 9.79 Å². The maximum atomic E-state index is 13.0. The van der Waals surface area contributed by atoms with Crippen molar-refractivity contribution in [3.8, 4) is 11.5 Å². The van der Waals surface area contributed by atoms with E-state index in [1.54, 1.807) is 51.4 Å². The quantitative estimate of drug-likeness (QED) is 0.212. The smallest absolute Gasteiger partial charge is 0.338 e. The Bertz CT molecular complexity index is 1400. The van der Waals surface area contributed by atoms with Crippen molar-refractivity contribution >= 4 is 56.5 Å². The second-order valence-electron chi connectivity index (χ2n) is 8.44. The summed E-state index contributed by atoms with van der Waals surface area (Å²) in [6, 6.07) is 18.6. The highest BCUT2D eigenvalue weighted by molar-refractivity contribution is 9.10. The number of thioether (sulfide) groups is 1. The highest BCUT2D eigenvalue weighted by Gasteiger charge is 2.30. The van der Waals surface area contributed by atoms with Crippen molar-refractivity contribution in [1.29, 1.82) is 0 Å². The first kappa shape index (κ1) is 27.5. The standard InChI is InChI=1S/C29H27BrN2O5S/c1-5-36-28(34)20-10-12-22(13-11-20)31-29-32(3)27(33)26(38-29)15-21-14-24(35-4)25(16-23(21)30)37-17-19-8-6-18(2)7-9-19/h6-16H,5,17H2,1-4H3/b26-15-,31-29?. The minimum atomic E-state index is -0.382. The van der Waals surface area contributed by atoms with E-state index in [1.165, 1.54) is 22.2 Å². The molecule has 4 rings (SSSR count). The third kappa shape index (κ3) is 6.46. The summed E-state index contributed by atoms with van der Waals surface area (Å²) < 4.78 is 17.4. The molecule has 38 heavy (non-hydrogen) atoms. The lowest BCUT2D eigenvalue weighted by Gasteiger charge is -2.13. The predicted molar refractivity (Wildman–Crippen MR) is 154 cm³/mol. The van der Waals surface area contributed by atoms with Crippen LogP contribution < -0.4 is 9.47 Å². The number of hydrogen-bond acceptors (Lipinski definition) is 7. The average Bonchev–Trinajstić information content (AvgIpc) is 3.17. The molecule has 0 saturated carbocycles. The van der Waals surface area contributed by atoms with Crippen LogP contribution in [0.3, 0.4) is 0 Å². The van der Waals surface area contributed by atoms with Gasteiger partial charge in [0, 0.05) is 11.5 Å². The second kappa shape index (κ2) is 12.3. The number of halogens is 1. The number of aryl methyl sites for hydroxylation is 1. The maximum Gasteiger partial charge on any atom is 0.338 e. The minimum absolute atomic E-state index is 0.164. The van der Waals surface area contributed by atoms with Gasteiger partial charge < -0.3 is 14.2 Å². The molecule has 0 N–H and O–H groups in total. The summed E-state index contributed by atoms with van der Waals surface area (Å²) in [6.07, 6.45) is 1.80. The Morgan fingerprint density at radius 1 is 1.08 bits per heavy atom. The number of aliphatic imine (C=N–C) groups is 1. The molecule has 0 bridgehead atoms. The Balaban J connectivity index is 1.52. The zero-order valence-electron chi connectivity index (χ0n) is 21.5. The van der Waals surface area contributed by atoms with E-state index >= 15 is 0 Å². The molecule has 0 radical (unpaired) electrons. The molecule has 3 aromatic carbocycles. The van der Waals surface area contributed by atoms with Gasteiger partial charge in [0.25, 0.3) is 5.91 Å². The number of benzene rings is 3. The molecule has 0 aromatic heterocycles. The molecule has 7 nitrogen and oxygen atoms in total. The Kier molecular flexibility index (Phi) is 8.91. The molecule has 0 aliphatic carbocycles. The zero-order chi connectivity index (χ0) is 27.2. The molecule has 1 aliphatic rings. The fourth-order valence-corrected chi connectivity index (χ4v) is 4.98. The lowest BCUT2D eigenvalue weighted by molar-refractivity contribution is -0.121. The van der Waals surface area contributed by atoms with E-state index < -0.39 is 0 Å². The van der Waals surface area contributed by atoms with E-state index in [1.807, 2.05) is 43.3 Å². The first-order valence-corrected chi connectivity index (χ1v) is 13.5. The molecule has 0 unspecified atom stereocenters. The largest absolute Gasteiger partial charge is 0.493 e. The van der Waals surface area contributed by atoms with Crippen molar-refractivity contribution in [2.45, 2.75) is 20.5 Å². The van der Waals surface area contributed by atoms with Crippen LogP contribution in [0.2, 0.25) is 0 Å². The van der Waals surface area contributed by atoms with Gasteiger partial charge in [0.15, 0.2) is 16.7 Å². The number of hydrogen-bond donors (Lipinski definition) is 0. The Morgan fingerprint density at radius 2 is 1.79 bits per heavy atom. The summed E-state index contributed by atoms with van der Waals surface area (Å²) in [4.78, 5) is 31.5. The Labute approximate surface area is 234 Å². The van der Waals surface area contributed by atoms with Gasteiger partial charge >= 0.3 is 5.97 Å². The van der Waals surface area contributed by atoms with Crippen molar-refractivity contribution in [3.63, 3.8) is 0 Å². The summed E-state index contributed by atoms with van der Waals surface area (Å²) in [7, 11) is 3.26. The van der Waals surface area contributed by atoms with Gasteiger partial charge in [-0.05, 0) is 79.2 Å². The molecule has 3 aromatic rings. The van der Waals surface area contributed by atoms with Crippen molar-refractivity contribution in [1.82, 2.24) is 4.90 Å². The van der Waals surface area contributed by atoms with Gasteiger partial charge in [-0.3, -0.25) is 9.69 Å². The predicted octanol–water partition coefficient (Wildman–Crippen LogP) is 6.76. The van der Waals surface area contributed by atoms with Crippen LogP contribution in [0.15, 0.2) is 75.0 Å². The number of amides is 1. The highest BCUT2D eigenvalue weighted by Crippen LogP contribution is 2.38. The number of nitrogens with zero attached hydrogens (tertiary/aromatic N) is 2. The first-order valence-electron chi connectivity index (χ1n) is 11.9. The SMILES string of the molecule is CCOC(=O)c1ccc(N=C2S/C(=C\c3cc(OC)c(OCc4ccc(C)cc4)cc3Br)C(=O)N2C)cc1. The van der Waals surface area contributed by atoms with Gasteiger partial charge in [0.1, 0.15) is 6.61 Å². The molecule has 1 fully saturated rings. The monoisotopic (exact) mass is 594 g/mol. The Hall–Kier alpha value is -3.56. The number of carbonyl (C=O) groups is 2. The van der Waals surface area contributed by atoms with E-state index in [4.69, 9.17) is 14.2 Å². The molecule has 1 saturated heterocycles. The molecule has 9 heteroatoms. The van der Waals surface area contributed by atoms with E-state index in [9.17, 15) is 9.59 Å². The van der Waals surface area contributed by atoms with Crippen LogP contribution in [-0.4, -0.2) is 42.7 Å². The first-order chi connectivity index (χ1) is 18.3. The van der Waals surface area contributed by atoms with E-state index in [-0.39, 0.29) is 11.9 Å². The van der Waals surface area contributed by atoms with Crippen LogP contribution in [0.25, 0.3) is 6.08 Å². The van der Waals surface area contributed by atoms with Crippen LogP contribution in [0.4, 0.5) is 5.69 Å². The number of ether oxygens (including phenoxy) is 3. The summed E-state index contributed by atoms with van der Waals surface area (Å²) in [5, 5.41) is 0.534. The normalized spacial score (nSPS) is 15.3. The van der Waals surface area contributed by atoms with Crippen molar-refractivity contribution in [2.75, 3.05) is 20.8 Å². The van der Waals surface area contributed by atoms with Gasteiger partial charge in [-0.15, -0.1) is 0 Å². The van der Waals surface area contributed by atoms with Gasteiger partial charge in [-0.1, -0.05) is 45.8 Å². The third-order valence-electron chi connectivity index (χ3n) is 5.69. The van der Waals surface area contributed by atoms with E-state index in [0.29, 0.717) is 46.0 Å². The Morgan fingerprint density at radius 3 is 2.45 bits per heavy atom. The molecular weight excluding hydrogens is 568 g/mol. The molecule has 196 valence electrons. The van der Waals surface area contributed by atoms with E-state index in [2.05, 4.69) is 20.9 Å². The number of methoxy groups -OCH3 is 1. The lowest BCUT2D eigenvalue weighted by atomic mass is 10.1. The zero-order valence-corrected chi connectivity index (χ0v) is 23.9. The summed E-state index contributed by atoms with van der Waals surface area (Å²) in [5.41, 5.74) is 4.09. The van der Waals surface area contributed by atoms with Crippen LogP contribution in [0.5, 0.6) is 11.5 Å². The molecule has 0 atom stereocenters. The van der Waals surface area contributed by atoms with Crippen LogP contribution in [0.1, 0.15) is 34.0 Å². The van der Waals surface area contributed by atoms with Crippen LogP contribution in [-0.2, 0) is 16.1 Å². The van der Waals surface area contributed by atoms with Crippen molar-refractivity contribution in [3.05, 3.63) is 92.3 Å². The molecular formula is C29H27BrN2O5S. The molecule has 0 spiro atoms. The number of amidine groups is 1. The van der Waals surface area contributed by atoms with Gasteiger partial charge in [0.2, 0.25) is 0 Å². The van der Waals surface area contributed by atoms with Crippen LogP contribution >= 0.6 is 27.7 Å². The van der Waals surface area contributed by atoms with Gasteiger partial charge in [0.05, 0.1) is 29.9 Å². The average molecular weight is 596 g/mol. The molecule has 1 heterocycles. The lowest BCUT2D eigenvalue weighted by Crippen LogP contribution is -2.23. The number of rotatable bonds is 8. The minimum Gasteiger partial charge on any atom is -0.493 e.